The van der Waals surface area contributed by atoms with Crippen LogP contribution in [0.5, 0.6) is 0 Å². The Hall–Kier alpha value is -3.58. The minimum absolute atomic E-state index is 0.0749. The maximum absolute atomic E-state index is 13.6. The molecule has 5 rings (SSSR count). The molecule has 2 heterocycles. The van der Waals surface area contributed by atoms with E-state index >= 15 is 0 Å². The van der Waals surface area contributed by atoms with Crippen LogP contribution in [0.25, 0.3) is 22.1 Å². The number of alkyl halides is 3. The Bertz CT molecular complexity index is 1370. The van der Waals surface area contributed by atoms with Crippen LogP contribution in [0.2, 0.25) is 5.02 Å². The van der Waals surface area contributed by atoms with Crippen molar-refractivity contribution in [3.8, 4) is 11.1 Å². The third kappa shape index (κ3) is 3.26. The molecule has 3 aromatic carbocycles. The van der Waals surface area contributed by atoms with Gasteiger partial charge in [-0.25, -0.2) is 0 Å². The van der Waals surface area contributed by atoms with Crippen LogP contribution in [-0.4, -0.2) is 16.7 Å². The van der Waals surface area contributed by atoms with Crippen LogP contribution < -0.4 is 0 Å². The van der Waals surface area contributed by atoms with E-state index in [4.69, 9.17) is 16.0 Å². The summed E-state index contributed by atoms with van der Waals surface area (Å²) in [6.07, 6.45) is -4.57. The molecule has 0 saturated carbocycles. The molecule has 0 saturated heterocycles. The van der Waals surface area contributed by atoms with Gasteiger partial charge in [-0.3, -0.25) is 14.5 Å². The van der Waals surface area contributed by atoms with Gasteiger partial charge in [-0.15, -0.1) is 0 Å². The van der Waals surface area contributed by atoms with E-state index in [1.54, 1.807) is 36.4 Å². The van der Waals surface area contributed by atoms with E-state index in [0.717, 1.165) is 11.0 Å². The lowest BCUT2D eigenvalue weighted by molar-refractivity contribution is -0.137. The summed E-state index contributed by atoms with van der Waals surface area (Å²) >= 11 is 6.19. The number of rotatable bonds is 3. The predicted octanol–water partition coefficient (Wildman–Crippen LogP) is 6.57. The van der Waals surface area contributed by atoms with E-state index in [-0.39, 0.29) is 34.0 Å². The number of benzene rings is 3. The van der Waals surface area contributed by atoms with Crippen LogP contribution in [0.4, 0.5) is 13.2 Å². The van der Waals surface area contributed by atoms with Gasteiger partial charge in [0.15, 0.2) is 0 Å². The fourth-order valence-corrected chi connectivity index (χ4v) is 4.18. The normalized spacial score (nSPS) is 13.8. The number of hydrogen-bond donors (Lipinski definition) is 0. The Morgan fingerprint density at radius 2 is 1.41 bits per heavy atom. The highest BCUT2D eigenvalue weighted by Gasteiger charge is 2.36. The van der Waals surface area contributed by atoms with Gasteiger partial charge in [0.25, 0.3) is 11.8 Å². The first-order chi connectivity index (χ1) is 15.2. The molecule has 0 atom stereocenters. The van der Waals surface area contributed by atoms with E-state index in [2.05, 4.69) is 0 Å². The molecule has 1 aliphatic heterocycles. The molecule has 2 amide bonds. The highest BCUT2D eigenvalue weighted by Crippen LogP contribution is 2.41. The second kappa shape index (κ2) is 7.24. The second-order valence-electron chi connectivity index (χ2n) is 7.37. The van der Waals surface area contributed by atoms with Crippen LogP contribution in [0, 0.1) is 0 Å². The van der Waals surface area contributed by atoms with Gasteiger partial charge in [-0.05, 0) is 42.0 Å². The third-order valence-electron chi connectivity index (χ3n) is 5.35. The summed E-state index contributed by atoms with van der Waals surface area (Å²) in [5.74, 6) is -0.652. The van der Waals surface area contributed by atoms with Crippen LogP contribution in [0.3, 0.4) is 0 Å². The molecule has 0 N–H and O–H groups in total. The minimum Gasteiger partial charge on any atom is -0.459 e. The fraction of sp³-hybridized carbons (Fsp3) is 0.0833. The molecule has 32 heavy (non-hydrogen) atoms. The van der Waals surface area contributed by atoms with Gasteiger partial charge in [0.05, 0.1) is 23.2 Å². The van der Waals surface area contributed by atoms with Crippen LogP contribution in [0.1, 0.15) is 32.0 Å². The number of nitrogens with zero attached hydrogens (tertiary/aromatic N) is 1. The summed E-state index contributed by atoms with van der Waals surface area (Å²) in [6.45, 7) is -0.154. The van der Waals surface area contributed by atoms with Crippen molar-refractivity contribution in [1.29, 1.82) is 0 Å². The first-order valence-electron chi connectivity index (χ1n) is 9.58. The number of furan rings is 1. The Balaban J connectivity index is 1.59. The van der Waals surface area contributed by atoms with E-state index in [1.165, 1.54) is 24.3 Å². The minimum atomic E-state index is -4.57. The maximum atomic E-state index is 13.6. The molecule has 1 aliphatic rings. The topological polar surface area (TPSA) is 50.5 Å². The molecule has 160 valence electrons. The fourth-order valence-electron chi connectivity index (χ4n) is 3.95. The molecule has 0 spiro atoms. The zero-order valence-electron chi connectivity index (χ0n) is 16.2. The van der Waals surface area contributed by atoms with Crippen molar-refractivity contribution in [3.05, 3.63) is 94.2 Å². The SMILES string of the molecule is O=C1c2ccccc2C(=O)N1Cc1cc2cc(Cl)cc(-c3ccccc3C(F)(F)F)c2o1. The number of halogens is 4. The molecule has 4 aromatic rings. The molecule has 0 radical (unpaired) electrons. The lowest BCUT2D eigenvalue weighted by atomic mass is 9.98. The standard InChI is InChI=1S/C24H13ClF3NO3/c25-14-9-13-10-15(12-29-22(30)17-6-1-2-7-18(17)23(29)31)32-21(13)19(11-14)16-5-3-4-8-20(16)24(26,27)28/h1-11H,12H2. The van der Waals surface area contributed by atoms with Crippen molar-refractivity contribution < 1.29 is 27.2 Å². The number of amides is 2. The number of imide groups is 1. The predicted molar refractivity (Wildman–Crippen MR) is 112 cm³/mol. The van der Waals surface area contributed by atoms with E-state index in [0.29, 0.717) is 16.5 Å². The number of carbonyl (C=O) groups is 2. The van der Waals surface area contributed by atoms with Crippen molar-refractivity contribution >= 4 is 34.4 Å². The molecule has 1 aromatic heterocycles. The Labute approximate surface area is 184 Å². The summed E-state index contributed by atoms with van der Waals surface area (Å²) in [4.78, 5) is 26.3. The first-order valence-corrected chi connectivity index (χ1v) is 9.95. The quantitative estimate of drug-likeness (QED) is 0.328. The van der Waals surface area contributed by atoms with Gasteiger partial charge in [0.1, 0.15) is 11.3 Å². The molecule has 4 nitrogen and oxygen atoms in total. The van der Waals surface area contributed by atoms with Gasteiger partial charge >= 0.3 is 6.18 Å². The smallest absolute Gasteiger partial charge is 0.417 e. The molecule has 0 aliphatic carbocycles. The van der Waals surface area contributed by atoms with Crippen LogP contribution in [-0.2, 0) is 12.7 Å². The largest absolute Gasteiger partial charge is 0.459 e. The summed E-state index contributed by atoms with van der Waals surface area (Å²) < 4.78 is 46.6. The molecule has 0 bridgehead atoms. The van der Waals surface area contributed by atoms with Crippen molar-refractivity contribution in [1.82, 2.24) is 4.90 Å². The zero-order chi connectivity index (χ0) is 22.6. The summed E-state index contributed by atoms with van der Waals surface area (Å²) in [5, 5.41) is 0.702. The van der Waals surface area contributed by atoms with Gasteiger partial charge in [0.2, 0.25) is 0 Å². The Morgan fingerprint density at radius 3 is 2.03 bits per heavy atom. The first kappa shape index (κ1) is 20.3. The highest BCUT2D eigenvalue weighted by atomic mass is 35.5. The van der Waals surface area contributed by atoms with Crippen molar-refractivity contribution in [2.75, 3.05) is 0 Å². The average molecular weight is 456 g/mol. The Morgan fingerprint density at radius 1 is 0.812 bits per heavy atom. The van der Waals surface area contributed by atoms with Crippen LogP contribution in [0.15, 0.2) is 71.1 Å². The van der Waals surface area contributed by atoms with Crippen molar-refractivity contribution in [2.45, 2.75) is 12.7 Å². The van der Waals surface area contributed by atoms with Crippen molar-refractivity contribution in [3.63, 3.8) is 0 Å². The number of fused-ring (bicyclic) bond motifs is 2. The summed E-state index contributed by atoms with van der Waals surface area (Å²) in [7, 11) is 0. The van der Waals surface area contributed by atoms with E-state index in [1.807, 2.05) is 0 Å². The molecule has 8 heteroatoms. The number of carbonyl (C=O) groups excluding carboxylic acids is 2. The molecular formula is C24H13ClF3NO3. The highest BCUT2D eigenvalue weighted by molar-refractivity contribution is 6.32. The zero-order valence-corrected chi connectivity index (χ0v) is 17.0. The second-order valence-corrected chi connectivity index (χ2v) is 7.81. The van der Waals surface area contributed by atoms with Gasteiger partial charge in [0, 0.05) is 16.0 Å². The van der Waals surface area contributed by atoms with Crippen molar-refractivity contribution in [2.24, 2.45) is 0 Å². The van der Waals surface area contributed by atoms with Gasteiger partial charge < -0.3 is 4.42 Å². The molecular weight excluding hydrogens is 443 g/mol. The van der Waals surface area contributed by atoms with E-state index in [9.17, 15) is 22.8 Å². The summed E-state index contributed by atoms with van der Waals surface area (Å²) in [5.41, 5.74) is 0.0793. The molecule has 0 unspecified atom stereocenters. The number of hydrogen-bond acceptors (Lipinski definition) is 3. The van der Waals surface area contributed by atoms with E-state index < -0.39 is 23.6 Å². The lowest BCUT2D eigenvalue weighted by Crippen LogP contribution is -2.28. The molecule has 0 fully saturated rings. The summed E-state index contributed by atoms with van der Waals surface area (Å²) in [6, 6.07) is 16.2. The average Bonchev–Trinajstić information content (AvgIpc) is 3.27. The lowest BCUT2D eigenvalue weighted by Gasteiger charge is -2.13. The third-order valence-corrected chi connectivity index (χ3v) is 5.57. The van der Waals surface area contributed by atoms with Crippen LogP contribution >= 0.6 is 11.6 Å². The Kier molecular flexibility index (Phi) is 4.60. The van der Waals surface area contributed by atoms with Gasteiger partial charge in [-0.1, -0.05) is 41.9 Å². The maximum Gasteiger partial charge on any atom is 0.417 e. The monoisotopic (exact) mass is 455 g/mol. The van der Waals surface area contributed by atoms with Gasteiger partial charge in [-0.2, -0.15) is 13.2 Å².